The van der Waals surface area contributed by atoms with Crippen LogP contribution < -0.4 is 4.74 Å². The van der Waals surface area contributed by atoms with E-state index in [-0.39, 0.29) is 29.7 Å². The molecule has 20 heteroatoms. The number of carbonyl (C=O) groups is 7. The van der Waals surface area contributed by atoms with Crippen molar-refractivity contribution < 1.29 is 93.0 Å². The first-order valence-corrected chi connectivity index (χ1v) is 15.8. The van der Waals surface area contributed by atoms with Gasteiger partial charge in [-0.3, -0.25) is 9.59 Å². The van der Waals surface area contributed by atoms with E-state index in [2.05, 4.69) is 4.74 Å². The van der Waals surface area contributed by atoms with Crippen molar-refractivity contribution in [2.45, 2.75) is 92.7 Å². The van der Waals surface area contributed by atoms with Crippen LogP contribution in [0.4, 0.5) is 0 Å². The number of aliphatic carboxylic acids is 3. The van der Waals surface area contributed by atoms with Crippen LogP contribution in [0.3, 0.4) is 0 Å². The summed E-state index contributed by atoms with van der Waals surface area (Å²) in [7, 11) is 1.86. The molecule has 0 radical (unpaired) electrons. The predicted octanol–water partition coefficient (Wildman–Crippen LogP) is -2.28. The second kappa shape index (κ2) is 14.0. The number of likely N-dealkylation sites (N-methyl/N-ethyl adjacent to an activating group) is 1. The van der Waals surface area contributed by atoms with E-state index >= 15 is 0 Å². The zero-order chi connectivity index (χ0) is 38.4. The number of carboxylic acid groups (broad SMARTS) is 3. The van der Waals surface area contributed by atoms with Gasteiger partial charge in [0.15, 0.2) is 35.9 Å². The Balaban J connectivity index is 1.37. The Bertz CT molecular complexity index is 1740. The molecule has 20 nitrogen and oxygen atoms in total. The monoisotopic (exact) mass is 737 g/mol. The number of phenols is 1. The van der Waals surface area contributed by atoms with E-state index in [9.17, 15) is 54.0 Å². The fourth-order valence-electron chi connectivity index (χ4n) is 7.28. The van der Waals surface area contributed by atoms with Crippen LogP contribution in [-0.4, -0.2) is 144 Å². The maximum absolute atomic E-state index is 13.4. The molecule has 5 rings (SSSR count). The lowest BCUT2D eigenvalue weighted by Gasteiger charge is -2.61. The second-order valence-electron chi connectivity index (χ2n) is 12.9. The van der Waals surface area contributed by atoms with Crippen LogP contribution in [-0.2, 0) is 64.3 Å². The number of carboxylic acids is 3. The highest BCUT2D eigenvalue weighted by Crippen LogP contribution is 2.65. The lowest BCUT2D eigenvalue weighted by Crippen LogP contribution is -2.74. The third-order valence-corrected chi connectivity index (χ3v) is 9.77. The van der Waals surface area contributed by atoms with Crippen molar-refractivity contribution in [3.05, 3.63) is 35.1 Å². The van der Waals surface area contributed by atoms with E-state index in [1.807, 2.05) is 11.9 Å². The van der Waals surface area contributed by atoms with Gasteiger partial charge in [-0.2, -0.15) is 0 Å². The standard InChI is InChI=1S/C32H35NO19/c1-12(28(44)50-16(26(40)41)10-19(35)36)48-29(45)17(51-30(46)23(39)22(38)27(42)43)11-20(37)49-15-5-6-32(47)18-9-13-3-4-14(34)24-21(13)31(32,25(15)52-24)7-8-33(18)2/h3-5,12,16-18,22-23,25,34,38-39,47H,6-11H2,1-2H3,(H,35,36)(H,40,41)(H,42,43)/t12-,16-,17-,18+,22+,23+,25-,31?,32+/m0/s1. The predicted molar refractivity (Wildman–Crippen MR) is 162 cm³/mol. The molecule has 0 amide bonds. The number of aliphatic hydroxyl groups is 3. The second-order valence-corrected chi connectivity index (χ2v) is 12.9. The molecule has 1 aromatic carbocycles. The third kappa shape index (κ3) is 6.49. The van der Waals surface area contributed by atoms with E-state index in [4.69, 9.17) is 34.3 Å². The Labute approximate surface area is 292 Å². The number of likely N-dealkylation sites (tertiary alicyclic amines) is 1. The first-order valence-electron chi connectivity index (χ1n) is 15.8. The molecule has 282 valence electrons. The maximum atomic E-state index is 13.4. The summed E-state index contributed by atoms with van der Waals surface area (Å²) in [5.74, 6) is -12.2. The van der Waals surface area contributed by atoms with Crippen LogP contribution in [0.25, 0.3) is 0 Å². The van der Waals surface area contributed by atoms with Crippen LogP contribution in [0.2, 0.25) is 0 Å². The van der Waals surface area contributed by atoms with Gasteiger partial charge in [0.05, 0.1) is 23.9 Å². The smallest absolute Gasteiger partial charge is 0.348 e. The number of aliphatic hydroxyl groups excluding tert-OH is 2. The average molecular weight is 738 g/mol. The summed E-state index contributed by atoms with van der Waals surface area (Å²) in [6.45, 7) is 1.37. The van der Waals surface area contributed by atoms with E-state index in [0.29, 0.717) is 24.9 Å². The van der Waals surface area contributed by atoms with Crippen LogP contribution in [0, 0.1) is 0 Å². The minimum absolute atomic E-state index is 0.0302. The van der Waals surface area contributed by atoms with Crippen molar-refractivity contribution in [3.8, 4) is 11.5 Å². The lowest BCUT2D eigenvalue weighted by atomic mass is 9.50. The van der Waals surface area contributed by atoms with Crippen LogP contribution >= 0.6 is 0 Å². The zero-order valence-corrected chi connectivity index (χ0v) is 27.5. The van der Waals surface area contributed by atoms with Gasteiger partial charge in [0, 0.05) is 18.0 Å². The van der Waals surface area contributed by atoms with E-state index in [1.54, 1.807) is 6.07 Å². The normalized spacial score (nSPS) is 26.8. The summed E-state index contributed by atoms with van der Waals surface area (Å²) in [4.78, 5) is 86.8. The van der Waals surface area contributed by atoms with Crippen molar-refractivity contribution in [1.29, 1.82) is 0 Å². The largest absolute Gasteiger partial charge is 0.504 e. The molecule has 1 aromatic rings. The van der Waals surface area contributed by atoms with Gasteiger partial charge in [-0.1, -0.05) is 6.07 Å². The van der Waals surface area contributed by atoms with E-state index in [1.165, 1.54) is 12.1 Å². The first-order chi connectivity index (χ1) is 24.3. The minimum Gasteiger partial charge on any atom is -0.504 e. The van der Waals surface area contributed by atoms with Crippen LogP contribution in [0.1, 0.15) is 43.7 Å². The number of ether oxygens (including phenoxy) is 5. The van der Waals surface area contributed by atoms with Gasteiger partial charge in [-0.05, 0) is 51.1 Å². The molecule has 1 fully saturated rings. The average Bonchev–Trinajstić information content (AvgIpc) is 3.43. The number of carbonyl (C=O) groups excluding carboxylic acids is 4. The van der Waals surface area contributed by atoms with Gasteiger partial charge in [0.1, 0.15) is 5.76 Å². The number of hydrogen-bond acceptors (Lipinski definition) is 17. The number of benzene rings is 1. The molecular weight excluding hydrogens is 702 g/mol. The molecule has 7 N–H and O–H groups in total. The van der Waals surface area contributed by atoms with Gasteiger partial charge in [0.25, 0.3) is 0 Å². The molecule has 2 aliphatic carbocycles. The Morgan fingerprint density at radius 1 is 0.923 bits per heavy atom. The molecule has 2 bridgehead atoms. The molecule has 1 saturated heterocycles. The van der Waals surface area contributed by atoms with Gasteiger partial charge >= 0.3 is 41.8 Å². The highest BCUT2D eigenvalue weighted by Gasteiger charge is 2.72. The molecule has 2 aliphatic heterocycles. The molecule has 2 heterocycles. The van der Waals surface area contributed by atoms with E-state index < -0.39 is 102 Å². The minimum atomic E-state index is -2.77. The summed E-state index contributed by atoms with van der Waals surface area (Å²) in [5, 5.41) is 69.4. The zero-order valence-electron chi connectivity index (χ0n) is 27.5. The Morgan fingerprint density at radius 3 is 2.23 bits per heavy atom. The Kier molecular flexibility index (Phi) is 10.2. The van der Waals surface area contributed by atoms with Crippen molar-refractivity contribution >= 4 is 41.8 Å². The molecule has 52 heavy (non-hydrogen) atoms. The summed E-state index contributed by atoms with van der Waals surface area (Å²) in [6, 6.07) is 2.80. The molecule has 0 saturated carbocycles. The number of aromatic hydroxyl groups is 1. The van der Waals surface area contributed by atoms with Crippen molar-refractivity contribution in [2.75, 3.05) is 13.6 Å². The number of nitrogens with zero attached hydrogens (tertiary/aromatic N) is 1. The fraction of sp³-hybridized carbons (Fsp3) is 0.531. The number of rotatable bonds is 14. The van der Waals surface area contributed by atoms with Crippen molar-refractivity contribution in [3.63, 3.8) is 0 Å². The van der Waals surface area contributed by atoms with Gasteiger partial charge in [-0.25, -0.2) is 24.0 Å². The SMILES string of the molecule is C[C@H](OC(=O)[C@H](CC(=O)OC1=CC[C@@]2(O)[C@H]3Cc4ccc(O)c5c4C2(CCN3C)[C@H]1O5)OC(=O)[C@H](O)[C@@H](O)C(=O)O)C(=O)O[C@@H](CC(=O)O)C(=O)O. The Morgan fingerprint density at radius 2 is 1.60 bits per heavy atom. The maximum Gasteiger partial charge on any atom is 0.348 e. The Hall–Kier alpha value is -5.31. The topological polar surface area (TPSA) is 310 Å². The first kappa shape index (κ1) is 37.9. The molecule has 0 aromatic heterocycles. The number of hydrogen-bond donors (Lipinski definition) is 7. The summed E-state index contributed by atoms with van der Waals surface area (Å²) in [5.41, 5.74) is -1.22. The number of piperidine rings is 1. The van der Waals surface area contributed by atoms with Crippen LogP contribution in [0.15, 0.2) is 24.0 Å². The molecule has 4 aliphatic rings. The highest BCUT2D eigenvalue weighted by molar-refractivity contribution is 5.90. The van der Waals surface area contributed by atoms with Gasteiger partial charge in [-0.15, -0.1) is 0 Å². The molecule has 1 unspecified atom stereocenters. The number of esters is 4. The van der Waals surface area contributed by atoms with Gasteiger partial charge < -0.3 is 64.3 Å². The molecular formula is C32H35NO19. The van der Waals surface area contributed by atoms with E-state index in [0.717, 1.165) is 12.5 Å². The lowest BCUT2D eigenvalue weighted by molar-refractivity contribution is -0.189. The third-order valence-electron chi connectivity index (χ3n) is 9.77. The van der Waals surface area contributed by atoms with Crippen LogP contribution in [0.5, 0.6) is 11.5 Å². The quantitative estimate of drug-likeness (QED) is 0.0781. The molecule has 9 atom stereocenters. The summed E-state index contributed by atoms with van der Waals surface area (Å²) < 4.78 is 26.0. The van der Waals surface area contributed by atoms with Gasteiger partial charge in [0.2, 0.25) is 12.2 Å². The number of phenolic OH excluding ortho intramolecular Hbond substituents is 1. The molecule has 1 spiro atoms. The highest BCUT2D eigenvalue weighted by atomic mass is 16.6. The van der Waals surface area contributed by atoms with Crippen molar-refractivity contribution in [1.82, 2.24) is 4.90 Å². The fourth-order valence-corrected chi connectivity index (χ4v) is 7.28. The summed E-state index contributed by atoms with van der Waals surface area (Å²) >= 11 is 0. The summed E-state index contributed by atoms with van der Waals surface area (Å²) in [6.07, 6.45) is -13.5. The van der Waals surface area contributed by atoms with Crippen molar-refractivity contribution in [2.24, 2.45) is 0 Å².